The maximum Gasteiger partial charge on any atom is 0.164 e. The summed E-state index contributed by atoms with van der Waals surface area (Å²) in [6, 6.07) is 10.6. The van der Waals surface area contributed by atoms with E-state index in [-0.39, 0.29) is 0 Å². The lowest BCUT2D eigenvalue weighted by atomic mass is 9.96. The van der Waals surface area contributed by atoms with Gasteiger partial charge in [-0.2, -0.15) is 0 Å². The van der Waals surface area contributed by atoms with Crippen molar-refractivity contribution in [2.24, 2.45) is 0 Å². The van der Waals surface area contributed by atoms with Gasteiger partial charge in [-0.05, 0) is 50.3 Å². The zero-order valence-corrected chi connectivity index (χ0v) is 12.3. The topological polar surface area (TPSA) is 22.0 Å². The summed E-state index contributed by atoms with van der Waals surface area (Å²) in [4.78, 5) is 12.0. The average Bonchev–Trinajstić information content (AvgIpc) is 2.76. The van der Waals surface area contributed by atoms with Crippen LogP contribution in [0.1, 0.15) is 45.7 Å². The Bertz CT molecular complexity index is 651. The minimum Gasteiger partial charge on any atom is -0.348 e. The minimum atomic E-state index is 0.323. The van der Waals surface area contributed by atoms with Crippen molar-refractivity contribution in [2.45, 2.75) is 46.1 Å². The number of Topliss-reactive ketones (excluding diaryl/α,β-unsaturated/α-hetero) is 1. The molecule has 0 aliphatic heterocycles. The molecule has 1 aliphatic carbocycles. The largest absolute Gasteiger partial charge is 0.348 e. The molecule has 0 radical (unpaired) electrons. The summed E-state index contributed by atoms with van der Waals surface area (Å²) in [6.07, 6.45) is 3.79. The van der Waals surface area contributed by atoms with Gasteiger partial charge in [-0.25, -0.2) is 0 Å². The van der Waals surface area contributed by atoms with Crippen LogP contribution in [0.2, 0.25) is 0 Å². The van der Waals surface area contributed by atoms with Crippen LogP contribution in [0.15, 0.2) is 30.3 Å². The van der Waals surface area contributed by atoms with E-state index in [0.29, 0.717) is 12.2 Å². The molecular weight excluding hydrogens is 246 g/mol. The number of fused-ring (bicyclic) bond motifs is 1. The van der Waals surface area contributed by atoms with Gasteiger partial charge in [0.25, 0.3) is 0 Å². The van der Waals surface area contributed by atoms with Crippen molar-refractivity contribution in [3.63, 3.8) is 0 Å². The van der Waals surface area contributed by atoms with E-state index in [2.05, 4.69) is 48.7 Å². The van der Waals surface area contributed by atoms with E-state index in [1.54, 1.807) is 0 Å². The zero-order chi connectivity index (χ0) is 14.1. The number of carbonyl (C=O) groups excluding carboxylic acids is 1. The quantitative estimate of drug-likeness (QED) is 0.827. The Morgan fingerprint density at radius 1 is 1.15 bits per heavy atom. The number of aromatic nitrogens is 1. The van der Waals surface area contributed by atoms with Crippen LogP contribution in [0.3, 0.4) is 0 Å². The van der Waals surface area contributed by atoms with Gasteiger partial charge in [-0.1, -0.05) is 24.3 Å². The van der Waals surface area contributed by atoms with Crippen molar-refractivity contribution in [3.8, 4) is 0 Å². The molecule has 20 heavy (non-hydrogen) atoms. The van der Waals surface area contributed by atoms with E-state index in [4.69, 9.17) is 0 Å². The van der Waals surface area contributed by atoms with E-state index in [9.17, 15) is 4.79 Å². The fourth-order valence-electron chi connectivity index (χ4n) is 3.22. The number of hydrogen-bond donors (Lipinski definition) is 0. The molecule has 3 rings (SSSR count). The molecule has 1 heterocycles. The summed E-state index contributed by atoms with van der Waals surface area (Å²) >= 11 is 0. The predicted octanol–water partition coefficient (Wildman–Crippen LogP) is 3.87. The number of aryl methyl sites for hydroxylation is 3. The van der Waals surface area contributed by atoms with Crippen molar-refractivity contribution >= 4 is 5.78 Å². The number of rotatable bonds is 3. The highest BCUT2D eigenvalue weighted by atomic mass is 16.1. The van der Waals surface area contributed by atoms with Gasteiger partial charge in [0.2, 0.25) is 0 Å². The third kappa shape index (κ3) is 2.31. The van der Waals surface area contributed by atoms with Crippen LogP contribution >= 0.6 is 0 Å². The molecule has 1 aromatic heterocycles. The summed E-state index contributed by atoms with van der Waals surface area (Å²) in [5.74, 6) is 0.323. The molecule has 0 unspecified atom stereocenters. The Kier molecular flexibility index (Phi) is 3.47. The molecule has 0 N–H and O–H groups in total. The van der Waals surface area contributed by atoms with Crippen molar-refractivity contribution < 1.29 is 4.79 Å². The van der Waals surface area contributed by atoms with Crippen LogP contribution < -0.4 is 0 Å². The Labute approximate surface area is 120 Å². The first-order valence-electron chi connectivity index (χ1n) is 7.43. The fraction of sp³-hybridized carbons (Fsp3) is 0.389. The van der Waals surface area contributed by atoms with Gasteiger partial charge in [0, 0.05) is 29.9 Å². The molecule has 1 aliphatic rings. The van der Waals surface area contributed by atoms with Gasteiger partial charge in [0.05, 0.1) is 0 Å². The molecule has 0 atom stereocenters. The molecular formula is C18H21NO. The Morgan fingerprint density at radius 2 is 1.95 bits per heavy atom. The standard InChI is InChI=1S/C18H21NO/c1-13-6-3-4-7-15(13)10-11-19-14(2)12-16-17(19)8-5-9-18(16)20/h3-4,6-7,12H,5,8-11H2,1-2H3. The molecule has 0 saturated carbocycles. The van der Waals surface area contributed by atoms with Gasteiger partial charge in [-0.15, -0.1) is 0 Å². The Hall–Kier alpha value is -1.83. The minimum absolute atomic E-state index is 0.323. The first-order valence-corrected chi connectivity index (χ1v) is 7.43. The zero-order valence-electron chi connectivity index (χ0n) is 12.3. The summed E-state index contributed by atoms with van der Waals surface area (Å²) in [6.45, 7) is 5.25. The van der Waals surface area contributed by atoms with Gasteiger partial charge in [0.1, 0.15) is 0 Å². The van der Waals surface area contributed by atoms with E-state index >= 15 is 0 Å². The van der Waals surface area contributed by atoms with Crippen LogP contribution in [0.4, 0.5) is 0 Å². The summed E-state index contributed by atoms with van der Waals surface area (Å²) < 4.78 is 2.35. The van der Waals surface area contributed by atoms with Gasteiger partial charge in [0.15, 0.2) is 5.78 Å². The molecule has 2 aromatic rings. The molecule has 104 valence electrons. The van der Waals surface area contributed by atoms with E-state index in [1.165, 1.54) is 22.5 Å². The van der Waals surface area contributed by atoms with Crippen molar-refractivity contribution in [1.29, 1.82) is 0 Å². The highest BCUT2D eigenvalue weighted by molar-refractivity contribution is 5.98. The average molecular weight is 267 g/mol. The van der Waals surface area contributed by atoms with E-state index < -0.39 is 0 Å². The summed E-state index contributed by atoms with van der Waals surface area (Å²) in [5, 5.41) is 0. The Morgan fingerprint density at radius 3 is 2.75 bits per heavy atom. The third-order valence-corrected chi connectivity index (χ3v) is 4.40. The molecule has 1 aromatic carbocycles. The van der Waals surface area contributed by atoms with Gasteiger partial charge < -0.3 is 4.57 Å². The van der Waals surface area contributed by atoms with Crippen molar-refractivity contribution in [1.82, 2.24) is 4.57 Å². The Balaban J connectivity index is 1.85. The highest BCUT2D eigenvalue weighted by Gasteiger charge is 2.22. The monoisotopic (exact) mass is 267 g/mol. The predicted molar refractivity (Wildman–Crippen MR) is 81.3 cm³/mol. The van der Waals surface area contributed by atoms with E-state index in [1.807, 2.05) is 0 Å². The van der Waals surface area contributed by atoms with Crippen LogP contribution in [-0.4, -0.2) is 10.4 Å². The fourth-order valence-corrected chi connectivity index (χ4v) is 3.22. The molecule has 0 spiro atoms. The maximum atomic E-state index is 12.0. The van der Waals surface area contributed by atoms with Crippen molar-refractivity contribution in [3.05, 3.63) is 58.4 Å². The number of benzene rings is 1. The highest BCUT2D eigenvalue weighted by Crippen LogP contribution is 2.25. The second-order valence-corrected chi connectivity index (χ2v) is 5.75. The molecule has 0 amide bonds. The lowest BCUT2D eigenvalue weighted by Crippen LogP contribution is -2.14. The van der Waals surface area contributed by atoms with Crippen LogP contribution in [0.5, 0.6) is 0 Å². The van der Waals surface area contributed by atoms with Crippen molar-refractivity contribution in [2.75, 3.05) is 0 Å². The molecule has 0 fully saturated rings. The SMILES string of the molecule is Cc1ccccc1CCn1c(C)cc2c1CCCC2=O. The van der Waals surface area contributed by atoms with E-state index in [0.717, 1.165) is 31.4 Å². The molecule has 0 saturated heterocycles. The normalized spacial score (nSPS) is 14.4. The van der Waals surface area contributed by atoms with Crippen LogP contribution in [-0.2, 0) is 19.4 Å². The second kappa shape index (κ2) is 5.28. The maximum absolute atomic E-state index is 12.0. The number of ketones is 1. The van der Waals surface area contributed by atoms with Gasteiger partial charge >= 0.3 is 0 Å². The number of hydrogen-bond acceptors (Lipinski definition) is 1. The van der Waals surface area contributed by atoms with Gasteiger partial charge in [-0.3, -0.25) is 4.79 Å². The second-order valence-electron chi connectivity index (χ2n) is 5.75. The summed E-state index contributed by atoms with van der Waals surface area (Å²) in [5.41, 5.74) is 6.20. The molecule has 2 heteroatoms. The lowest BCUT2D eigenvalue weighted by molar-refractivity contribution is 0.0972. The molecule has 0 bridgehead atoms. The smallest absolute Gasteiger partial charge is 0.164 e. The van der Waals surface area contributed by atoms with Crippen LogP contribution in [0, 0.1) is 13.8 Å². The first-order chi connectivity index (χ1) is 9.66. The number of nitrogens with zero attached hydrogens (tertiary/aromatic N) is 1. The number of carbonyl (C=O) groups is 1. The first kappa shape index (κ1) is 13.2. The summed E-state index contributed by atoms with van der Waals surface area (Å²) in [7, 11) is 0. The molecule has 2 nitrogen and oxygen atoms in total. The third-order valence-electron chi connectivity index (χ3n) is 4.40. The van der Waals surface area contributed by atoms with Crippen LogP contribution in [0.25, 0.3) is 0 Å². The lowest BCUT2D eigenvalue weighted by Gasteiger charge is -2.16.